The minimum atomic E-state index is 1.20. The van der Waals surface area contributed by atoms with Crippen molar-refractivity contribution in [2.75, 3.05) is 0 Å². The Morgan fingerprint density at radius 3 is 1.18 bits per heavy atom. The predicted molar refractivity (Wildman–Crippen MR) is 163 cm³/mol. The number of rotatable bonds is 4. The number of aryl methyl sites for hydroxylation is 2. The maximum Gasteiger partial charge on any atom is -0.171 e. The van der Waals surface area contributed by atoms with Gasteiger partial charge >= 0.3 is 30.2 Å². The van der Waals surface area contributed by atoms with Crippen LogP contribution in [0.15, 0.2) is 133 Å². The van der Waals surface area contributed by atoms with Gasteiger partial charge in [0.25, 0.3) is 0 Å². The molecule has 192 valence electrons. The Labute approximate surface area is 246 Å². The quantitative estimate of drug-likeness (QED) is 0.142. The normalized spacial score (nSPS) is 9.39. The maximum atomic E-state index is 3.06. The van der Waals surface area contributed by atoms with Crippen LogP contribution in [-0.4, -0.2) is 6.88 Å². The van der Waals surface area contributed by atoms with E-state index >= 15 is 0 Å². The van der Waals surface area contributed by atoms with Crippen molar-refractivity contribution in [2.24, 2.45) is 0 Å². The molecule has 6 rings (SSSR count). The van der Waals surface area contributed by atoms with Gasteiger partial charge in [0, 0.05) is 0 Å². The van der Waals surface area contributed by atoms with Gasteiger partial charge in [0.1, 0.15) is 0 Å². The van der Waals surface area contributed by atoms with E-state index in [2.05, 4.69) is 106 Å². The molecule has 0 nitrogen and oxygen atoms in total. The molecule has 0 N–H and O–H groups in total. The Morgan fingerprint density at radius 2 is 0.921 bits per heavy atom. The first-order valence-corrected chi connectivity index (χ1v) is 17.3. The molecule has 0 unspecified atom stereocenters. The average Bonchev–Trinajstić information content (AvgIpc) is 3.61. The Balaban J connectivity index is 0.000000182. The first-order chi connectivity index (χ1) is 18.8. The molecule has 0 amide bonds. The number of benzene rings is 4. The molecule has 0 saturated carbocycles. The fourth-order valence-electron chi connectivity index (χ4n) is 3.98. The molecule has 0 aliphatic carbocycles. The fourth-order valence-corrected chi connectivity index (χ4v) is 3.98. The summed E-state index contributed by atoms with van der Waals surface area (Å²) >= 11 is 1.36. The van der Waals surface area contributed by atoms with Crippen LogP contribution in [0.5, 0.6) is 0 Å². The Bertz CT molecular complexity index is 1140. The molecule has 0 atom stereocenters. The SMILES string of the molecule is CCCc1cc2ccccc2[cH-]1.CCCc1cc2ccccc2[cH-]1.[Si]=[Zr].[c-]1ccccc1.[c-]1ccccc1. The summed E-state index contributed by atoms with van der Waals surface area (Å²) < 4.78 is 0. The van der Waals surface area contributed by atoms with E-state index in [1.54, 1.807) is 0 Å². The summed E-state index contributed by atoms with van der Waals surface area (Å²) in [5.74, 6) is 0. The minimum absolute atomic E-state index is 1.20. The largest absolute Gasteiger partial charge is 0.184 e. The second-order valence-corrected chi connectivity index (χ2v) is 8.64. The van der Waals surface area contributed by atoms with Crippen molar-refractivity contribution in [1.29, 1.82) is 0 Å². The van der Waals surface area contributed by atoms with E-state index in [1.807, 2.05) is 60.7 Å². The van der Waals surface area contributed by atoms with Gasteiger partial charge in [0.2, 0.25) is 0 Å². The molecule has 0 aliphatic heterocycles. The third-order valence-corrected chi connectivity index (χ3v) is 5.65. The Hall–Kier alpha value is -2.80. The van der Waals surface area contributed by atoms with Crippen LogP contribution in [0.2, 0.25) is 0 Å². The zero-order chi connectivity index (χ0) is 27.3. The van der Waals surface area contributed by atoms with Gasteiger partial charge in [-0.2, -0.15) is 84.9 Å². The summed E-state index contributed by atoms with van der Waals surface area (Å²) in [5.41, 5.74) is 2.94. The van der Waals surface area contributed by atoms with Crippen LogP contribution in [0, 0.1) is 12.1 Å². The van der Waals surface area contributed by atoms with Crippen LogP contribution in [0.4, 0.5) is 0 Å². The second-order valence-electron chi connectivity index (χ2n) is 8.64. The summed E-state index contributed by atoms with van der Waals surface area (Å²) in [7, 11) is 0. The second kappa shape index (κ2) is 20.2. The van der Waals surface area contributed by atoms with E-state index in [1.165, 1.54) is 81.7 Å². The van der Waals surface area contributed by atoms with E-state index in [0.717, 1.165) is 0 Å². The van der Waals surface area contributed by atoms with E-state index in [0.29, 0.717) is 0 Å². The molecule has 0 saturated heterocycles. The first kappa shape index (κ1) is 31.4. The van der Waals surface area contributed by atoms with E-state index < -0.39 is 0 Å². The molecule has 0 aromatic heterocycles. The molecular weight excluding hydrogens is 552 g/mol. The van der Waals surface area contributed by atoms with Crippen molar-refractivity contribution in [3.05, 3.63) is 157 Å². The van der Waals surface area contributed by atoms with Gasteiger partial charge in [0.05, 0.1) is 0 Å². The average molecular weight is 588 g/mol. The van der Waals surface area contributed by atoms with Crippen LogP contribution < -0.4 is 0 Å². The van der Waals surface area contributed by atoms with Gasteiger partial charge in [-0.05, 0) is 12.8 Å². The van der Waals surface area contributed by atoms with Crippen LogP contribution in [0.3, 0.4) is 0 Å². The van der Waals surface area contributed by atoms with Crippen LogP contribution in [0.1, 0.15) is 37.8 Å². The van der Waals surface area contributed by atoms with E-state index in [9.17, 15) is 0 Å². The molecule has 38 heavy (non-hydrogen) atoms. The predicted octanol–water partition coefficient (Wildman–Crippen LogP) is 9.61. The van der Waals surface area contributed by atoms with Crippen LogP contribution in [-0.2, 0) is 36.2 Å². The van der Waals surface area contributed by atoms with Crippen molar-refractivity contribution in [1.82, 2.24) is 0 Å². The first-order valence-electron chi connectivity index (χ1n) is 13.2. The molecule has 0 bridgehead atoms. The molecule has 6 aromatic carbocycles. The van der Waals surface area contributed by atoms with Crippen molar-refractivity contribution >= 4 is 28.4 Å². The van der Waals surface area contributed by atoms with Crippen molar-refractivity contribution in [3.63, 3.8) is 0 Å². The summed E-state index contributed by atoms with van der Waals surface area (Å²) in [6, 6.07) is 51.2. The van der Waals surface area contributed by atoms with Crippen molar-refractivity contribution in [2.45, 2.75) is 39.5 Å². The molecule has 0 heterocycles. The Morgan fingerprint density at radius 1 is 0.553 bits per heavy atom. The number of hydrogen-bond acceptors (Lipinski definition) is 0. The zero-order valence-corrected chi connectivity index (χ0v) is 26.0. The molecule has 0 aliphatic rings. The van der Waals surface area contributed by atoms with Crippen molar-refractivity contribution in [3.8, 4) is 0 Å². The zero-order valence-electron chi connectivity index (χ0n) is 22.5. The van der Waals surface area contributed by atoms with Gasteiger partial charge in [-0.15, -0.1) is 81.2 Å². The smallest absolute Gasteiger partial charge is 0.171 e. The molecule has 0 spiro atoms. The third-order valence-electron chi connectivity index (χ3n) is 5.65. The maximum absolute atomic E-state index is 3.06. The van der Waals surface area contributed by atoms with Gasteiger partial charge < -0.3 is 0 Å². The minimum Gasteiger partial charge on any atom is -0.184 e. The Kier molecular flexibility index (Phi) is 16.7. The number of hydrogen-bond donors (Lipinski definition) is 0. The fraction of sp³-hybridized carbons (Fsp3) is 0.167. The molecule has 6 aromatic rings. The number of fused-ring (bicyclic) bond motifs is 2. The van der Waals surface area contributed by atoms with Gasteiger partial charge in [-0.1, -0.05) is 38.8 Å². The molecular formula is C36H36SiZr-4. The molecule has 2 heteroatoms. The van der Waals surface area contributed by atoms with Crippen LogP contribution >= 0.6 is 0 Å². The standard InChI is InChI=1S/2C12H13.2C6H5.Si.Zr/c2*1-2-5-10-8-11-6-3-4-7-12(11)9-10;2*1-2-4-6-5-3-1;;/h2*3-4,6-9H,2,5H2,1H3;2*1-5H;;/q4*-1;;. The summed E-state index contributed by atoms with van der Waals surface area (Å²) in [6.45, 7) is 7.50. The van der Waals surface area contributed by atoms with Gasteiger partial charge in [0.15, 0.2) is 0 Å². The van der Waals surface area contributed by atoms with Crippen molar-refractivity contribution < 1.29 is 23.3 Å². The summed E-state index contributed by atoms with van der Waals surface area (Å²) in [6.07, 6.45) is 4.87. The summed E-state index contributed by atoms with van der Waals surface area (Å²) in [4.78, 5) is 0. The monoisotopic (exact) mass is 586 g/mol. The third kappa shape index (κ3) is 12.2. The van der Waals surface area contributed by atoms with E-state index in [-0.39, 0.29) is 0 Å². The van der Waals surface area contributed by atoms with Gasteiger partial charge in [-0.25, -0.2) is 0 Å². The van der Waals surface area contributed by atoms with Crippen LogP contribution in [0.25, 0.3) is 21.5 Å². The van der Waals surface area contributed by atoms with E-state index in [4.69, 9.17) is 0 Å². The molecule has 0 fully saturated rings. The summed E-state index contributed by atoms with van der Waals surface area (Å²) in [5, 5.41) is 5.50. The topological polar surface area (TPSA) is 0 Å². The van der Waals surface area contributed by atoms with Gasteiger partial charge in [-0.3, -0.25) is 0 Å². The molecule has 2 radical (unpaired) electrons.